The van der Waals surface area contributed by atoms with Gasteiger partial charge in [-0.15, -0.1) is 0 Å². The van der Waals surface area contributed by atoms with Crippen molar-refractivity contribution < 1.29 is 23.9 Å². The third-order valence-electron chi connectivity index (χ3n) is 5.52. The summed E-state index contributed by atoms with van der Waals surface area (Å²) in [6.07, 6.45) is 1.81. The number of likely N-dealkylation sites (tertiary alicyclic amines) is 1. The summed E-state index contributed by atoms with van der Waals surface area (Å²) < 4.78 is 11.5. The molecule has 1 fully saturated rings. The molecule has 1 heterocycles. The molecule has 2 aromatic rings. The van der Waals surface area contributed by atoms with Crippen molar-refractivity contribution in [1.82, 2.24) is 10.2 Å². The van der Waals surface area contributed by atoms with Gasteiger partial charge in [-0.2, -0.15) is 0 Å². The Morgan fingerprint density at radius 3 is 2.20 bits per heavy atom. The smallest absolute Gasteiger partial charge is 0.255 e. The molecule has 0 aromatic heterocycles. The van der Waals surface area contributed by atoms with E-state index >= 15 is 0 Å². The third-order valence-corrected chi connectivity index (χ3v) is 5.52. The maximum atomic E-state index is 12.9. The number of carbonyl (C=O) groups excluding carboxylic acids is 3. The van der Waals surface area contributed by atoms with E-state index in [2.05, 4.69) is 16.0 Å². The lowest BCUT2D eigenvalue weighted by Crippen LogP contribution is -2.49. The largest absolute Gasteiger partial charge is 0.492 e. The van der Waals surface area contributed by atoms with Crippen LogP contribution in [0.4, 0.5) is 11.4 Å². The maximum absolute atomic E-state index is 12.9. The number of carbonyl (C=O) groups is 3. The van der Waals surface area contributed by atoms with Crippen LogP contribution >= 0.6 is 0 Å². The highest BCUT2D eigenvalue weighted by Crippen LogP contribution is 2.37. The van der Waals surface area contributed by atoms with Gasteiger partial charge in [0.05, 0.1) is 31.1 Å². The van der Waals surface area contributed by atoms with E-state index in [1.54, 1.807) is 36.4 Å². The number of benzene rings is 2. The van der Waals surface area contributed by atoms with E-state index < -0.39 is 0 Å². The van der Waals surface area contributed by atoms with Crippen LogP contribution in [0.25, 0.3) is 0 Å². The molecule has 1 atom stereocenters. The lowest BCUT2D eigenvalue weighted by atomic mass is 10.1. The molecular formula is C26H34N4O5. The summed E-state index contributed by atoms with van der Waals surface area (Å²) in [6, 6.07) is 12.3. The minimum Gasteiger partial charge on any atom is -0.492 e. The molecule has 3 rings (SSSR count). The second-order valence-electron chi connectivity index (χ2n) is 8.35. The highest BCUT2D eigenvalue weighted by Gasteiger charge is 2.23. The van der Waals surface area contributed by atoms with E-state index in [4.69, 9.17) is 9.47 Å². The molecule has 1 aliphatic rings. The zero-order valence-electron chi connectivity index (χ0n) is 20.6. The van der Waals surface area contributed by atoms with Gasteiger partial charge in [0, 0.05) is 37.2 Å². The molecule has 3 N–H and O–H groups in total. The molecule has 0 radical (unpaired) electrons. The van der Waals surface area contributed by atoms with Crippen molar-refractivity contribution >= 4 is 29.1 Å². The molecule has 9 nitrogen and oxygen atoms in total. The predicted molar refractivity (Wildman–Crippen MR) is 135 cm³/mol. The Balaban J connectivity index is 1.75. The summed E-state index contributed by atoms with van der Waals surface area (Å²) in [5, 5.41) is 8.73. The number of hydrogen-bond acceptors (Lipinski definition) is 6. The zero-order chi connectivity index (χ0) is 25.2. The van der Waals surface area contributed by atoms with Crippen LogP contribution in [0.15, 0.2) is 42.5 Å². The number of piperidine rings is 1. The maximum Gasteiger partial charge on any atom is 0.255 e. The summed E-state index contributed by atoms with van der Waals surface area (Å²) in [6.45, 7) is 7.57. The topological polar surface area (TPSA) is 109 Å². The number of amides is 3. The second kappa shape index (κ2) is 12.8. The summed E-state index contributed by atoms with van der Waals surface area (Å²) in [4.78, 5) is 39.0. The highest BCUT2D eigenvalue weighted by molar-refractivity contribution is 6.05. The SMILES string of the molecule is CCOc1cc(NC(=O)c2ccccc2)c(OCC)cc1NC(=O)CN1CCCC(NC(C)=O)C1. The van der Waals surface area contributed by atoms with Gasteiger partial charge < -0.3 is 25.4 Å². The van der Waals surface area contributed by atoms with E-state index in [-0.39, 0.29) is 30.3 Å². The van der Waals surface area contributed by atoms with Crippen LogP contribution in [-0.2, 0) is 9.59 Å². The molecule has 1 unspecified atom stereocenters. The van der Waals surface area contributed by atoms with Gasteiger partial charge in [0.2, 0.25) is 11.8 Å². The fourth-order valence-electron chi connectivity index (χ4n) is 4.09. The molecule has 0 aliphatic carbocycles. The van der Waals surface area contributed by atoms with Gasteiger partial charge in [-0.3, -0.25) is 19.3 Å². The van der Waals surface area contributed by atoms with Crippen molar-refractivity contribution in [3.8, 4) is 11.5 Å². The number of ether oxygens (including phenoxy) is 2. The van der Waals surface area contributed by atoms with Gasteiger partial charge in [0.15, 0.2) is 0 Å². The van der Waals surface area contributed by atoms with Crippen LogP contribution in [0.3, 0.4) is 0 Å². The van der Waals surface area contributed by atoms with Crippen LogP contribution in [0.2, 0.25) is 0 Å². The lowest BCUT2D eigenvalue weighted by molar-refractivity contribution is -0.120. The Morgan fingerprint density at radius 2 is 1.60 bits per heavy atom. The Bertz CT molecular complexity index is 1030. The summed E-state index contributed by atoms with van der Waals surface area (Å²) >= 11 is 0. The molecule has 3 amide bonds. The Hall–Kier alpha value is -3.59. The van der Waals surface area contributed by atoms with Crippen LogP contribution < -0.4 is 25.4 Å². The van der Waals surface area contributed by atoms with Crippen molar-refractivity contribution in [3.05, 3.63) is 48.0 Å². The summed E-state index contributed by atoms with van der Waals surface area (Å²) in [5.41, 5.74) is 1.44. The van der Waals surface area contributed by atoms with Crippen LogP contribution in [0.1, 0.15) is 44.0 Å². The molecular weight excluding hydrogens is 448 g/mol. The van der Waals surface area contributed by atoms with Gasteiger partial charge in [0.1, 0.15) is 11.5 Å². The van der Waals surface area contributed by atoms with Gasteiger partial charge in [-0.25, -0.2) is 0 Å². The normalized spacial score (nSPS) is 15.7. The third kappa shape index (κ3) is 7.71. The standard InChI is InChI=1S/C26H34N4O5/c1-4-34-23-15-22(29-26(33)19-10-7-6-8-11-19)24(35-5-2)14-21(23)28-25(32)17-30-13-9-12-20(16-30)27-18(3)31/h6-8,10-11,14-15,20H,4-5,9,12-13,16-17H2,1-3H3,(H,27,31)(H,28,32)(H,29,33). The van der Waals surface area contributed by atoms with E-state index in [0.29, 0.717) is 48.2 Å². The van der Waals surface area contributed by atoms with Crippen molar-refractivity contribution in [2.45, 2.75) is 39.7 Å². The number of hydrogen-bond donors (Lipinski definition) is 3. The van der Waals surface area contributed by atoms with Gasteiger partial charge in [-0.05, 0) is 45.4 Å². The fraction of sp³-hybridized carbons (Fsp3) is 0.423. The minimum absolute atomic E-state index is 0.0464. The minimum atomic E-state index is -0.274. The lowest BCUT2D eigenvalue weighted by Gasteiger charge is -2.32. The molecule has 1 aliphatic heterocycles. The Kier molecular flexibility index (Phi) is 9.48. The van der Waals surface area contributed by atoms with Crippen molar-refractivity contribution in [3.63, 3.8) is 0 Å². The van der Waals surface area contributed by atoms with Crippen LogP contribution in [0, 0.1) is 0 Å². The van der Waals surface area contributed by atoms with E-state index in [1.165, 1.54) is 6.92 Å². The van der Waals surface area contributed by atoms with Crippen LogP contribution in [0.5, 0.6) is 11.5 Å². The molecule has 0 bridgehead atoms. The molecule has 35 heavy (non-hydrogen) atoms. The van der Waals surface area contributed by atoms with Crippen molar-refractivity contribution in [1.29, 1.82) is 0 Å². The van der Waals surface area contributed by atoms with Gasteiger partial charge >= 0.3 is 0 Å². The quantitative estimate of drug-likeness (QED) is 0.480. The molecule has 2 aromatic carbocycles. The first-order valence-corrected chi connectivity index (χ1v) is 12.0. The molecule has 188 valence electrons. The number of anilines is 2. The van der Waals surface area contributed by atoms with E-state index in [1.807, 2.05) is 24.8 Å². The monoisotopic (exact) mass is 482 g/mol. The first-order chi connectivity index (χ1) is 16.9. The molecule has 9 heteroatoms. The summed E-state index contributed by atoms with van der Waals surface area (Å²) in [7, 11) is 0. The molecule has 0 saturated carbocycles. The summed E-state index contributed by atoms with van der Waals surface area (Å²) in [5.74, 6) is 0.328. The van der Waals surface area contributed by atoms with E-state index in [9.17, 15) is 14.4 Å². The highest BCUT2D eigenvalue weighted by atomic mass is 16.5. The number of rotatable bonds is 10. The average molecular weight is 483 g/mol. The Labute approximate surface area is 206 Å². The van der Waals surface area contributed by atoms with Gasteiger partial charge in [0.25, 0.3) is 5.91 Å². The Morgan fingerprint density at radius 1 is 0.971 bits per heavy atom. The molecule has 1 saturated heterocycles. The number of nitrogens with zero attached hydrogens (tertiary/aromatic N) is 1. The second-order valence-corrected chi connectivity index (χ2v) is 8.35. The van der Waals surface area contributed by atoms with Crippen molar-refractivity contribution in [2.24, 2.45) is 0 Å². The first-order valence-electron chi connectivity index (χ1n) is 12.0. The zero-order valence-corrected chi connectivity index (χ0v) is 20.6. The van der Waals surface area contributed by atoms with Crippen LogP contribution in [-0.4, -0.2) is 61.5 Å². The average Bonchev–Trinajstić information content (AvgIpc) is 2.82. The first kappa shape index (κ1) is 26.0. The van der Waals surface area contributed by atoms with E-state index in [0.717, 1.165) is 19.4 Å². The van der Waals surface area contributed by atoms with Gasteiger partial charge in [-0.1, -0.05) is 18.2 Å². The molecule has 0 spiro atoms. The fourth-order valence-corrected chi connectivity index (χ4v) is 4.09. The number of nitrogens with one attached hydrogen (secondary N) is 3. The van der Waals surface area contributed by atoms with Crippen molar-refractivity contribution in [2.75, 3.05) is 43.5 Å². The predicted octanol–water partition coefficient (Wildman–Crippen LogP) is 3.28.